The van der Waals surface area contributed by atoms with E-state index in [1.807, 2.05) is 13.8 Å². The molecule has 1 aliphatic heterocycles. The lowest BCUT2D eigenvalue weighted by atomic mass is 9.84. The Balaban J connectivity index is 0.000000671. The molecule has 0 radical (unpaired) electrons. The average molecular weight is 185 g/mol. The van der Waals surface area contributed by atoms with Crippen LogP contribution in [0.1, 0.15) is 48.0 Å². The lowest BCUT2D eigenvalue weighted by Gasteiger charge is -2.23. The molecule has 3 unspecified atom stereocenters. The van der Waals surface area contributed by atoms with Crippen LogP contribution in [0.15, 0.2) is 0 Å². The van der Waals surface area contributed by atoms with E-state index in [-0.39, 0.29) is 0 Å². The third-order valence-electron chi connectivity index (χ3n) is 3.06. The Kier molecular flexibility index (Phi) is 6.40. The van der Waals surface area contributed by atoms with Crippen LogP contribution in [-0.4, -0.2) is 12.6 Å². The second-order valence-electron chi connectivity index (χ2n) is 4.23. The van der Waals surface area contributed by atoms with Gasteiger partial charge in [0.2, 0.25) is 0 Å². The molecule has 1 nitrogen and oxygen atoms in total. The summed E-state index contributed by atoms with van der Waals surface area (Å²) in [7, 11) is 0. The van der Waals surface area contributed by atoms with Gasteiger partial charge < -0.3 is 5.32 Å². The Morgan fingerprint density at radius 2 is 1.85 bits per heavy atom. The average Bonchev–Trinajstić information content (AvgIpc) is 2.50. The molecule has 3 atom stereocenters. The molecule has 1 saturated heterocycles. The molecule has 80 valence electrons. The molecule has 1 heteroatoms. The molecule has 0 aromatic heterocycles. The minimum Gasteiger partial charge on any atom is -0.313 e. The van der Waals surface area contributed by atoms with Crippen molar-refractivity contribution >= 4 is 0 Å². The van der Waals surface area contributed by atoms with Gasteiger partial charge in [-0.1, -0.05) is 48.0 Å². The van der Waals surface area contributed by atoms with E-state index in [1.54, 1.807) is 0 Å². The van der Waals surface area contributed by atoms with Crippen molar-refractivity contribution in [2.45, 2.75) is 54.0 Å². The molecule has 1 aliphatic rings. The highest BCUT2D eigenvalue weighted by atomic mass is 15.0. The predicted molar refractivity (Wildman–Crippen MR) is 60.9 cm³/mol. The van der Waals surface area contributed by atoms with Crippen LogP contribution in [0.4, 0.5) is 0 Å². The standard InChI is InChI=1S/C10H21N.C2H6/c1-5-9-8(4)6-11-10(9)7(2)3;1-2/h7-11H,5-6H2,1-4H3;1-2H3. The van der Waals surface area contributed by atoms with Gasteiger partial charge in [0.05, 0.1) is 0 Å². The summed E-state index contributed by atoms with van der Waals surface area (Å²) in [6.07, 6.45) is 1.33. The summed E-state index contributed by atoms with van der Waals surface area (Å²) in [6.45, 7) is 14.5. The molecule has 0 aliphatic carbocycles. The van der Waals surface area contributed by atoms with Gasteiger partial charge in [-0.3, -0.25) is 0 Å². The van der Waals surface area contributed by atoms with Crippen molar-refractivity contribution in [3.8, 4) is 0 Å². The molecule has 0 amide bonds. The van der Waals surface area contributed by atoms with Crippen LogP contribution < -0.4 is 5.32 Å². The van der Waals surface area contributed by atoms with E-state index in [0.29, 0.717) is 0 Å². The maximum atomic E-state index is 3.61. The maximum absolute atomic E-state index is 3.61. The normalized spacial score (nSPS) is 33.0. The minimum absolute atomic E-state index is 0.773. The second-order valence-corrected chi connectivity index (χ2v) is 4.23. The van der Waals surface area contributed by atoms with E-state index in [1.165, 1.54) is 13.0 Å². The first-order valence-electron chi connectivity index (χ1n) is 5.90. The van der Waals surface area contributed by atoms with Crippen molar-refractivity contribution in [3.05, 3.63) is 0 Å². The summed E-state index contributed by atoms with van der Waals surface area (Å²) < 4.78 is 0. The first-order chi connectivity index (χ1) is 6.16. The summed E-state index contributed by atoms with van der Waals surface area (Å²) in [5.74, 6) is 2.59. The highest BCUT2D eigenvalue weighted by Crippen LogP contribution is 2.28. The molecule has 1 rings (SSSR count). The quantitative estimate of drug-likeness (QED) is 0.696. The van der Waals surface area contributed by atoms with Crippen molar-refractivity contribution in [1.82, 2.24) is 5.32 Å². The first-order valence-corrected chi connectivity index (χ1v) is 5.90. The zero-order valence-corrected chi connectivity index (χ0v) is 10.2. The lowest BCUT2D eigenvalue weighted by Crippen LogP contribution is -2.32. The highest BCUT2D eigenvalue weighted by molar-refractivity contribution is 4.89. The van der Waals surface area contributed by atoms with Crippen molar-refractivity contribution < 1.29 is 0 Å². The fourth-order valence-corrected chi connectivity index (χ4v) is 2.37. The summed E-state index contributed by atoms with van der Waals surface area (Å²) in [4.78, 5) is 0. The minimum atomic E-state index is 0.773. The molecule has 0 spiro atoms. The second kappa shape index (κ2) is 6.42. The van der Waals surface area contributed by atoms with Crippen molar-refractivity contribution in [3.63, 3.8) is 0 Å². The number of rotatable bonds is 2. The van der Waals surface area contributed by atoms with E-state index in [9.17, 15) is 0 Å². The molecular weight excluding hydrogens is 158 g/mol. The Hall–Kier alpha value is -0.0400. The van der Waals surface area contributed by atoms with Gasteiger partial charge in [-0.05, 0) is 24.3 Å². The molecule has 0 aromatic carbocycles. The van der Waals surface area contributed by atoms with Crippen LogP contribution in [0.2, 0.25) is 0 Å². The van der Waals surface area contributed by atoms with Gasteiger partial charge in [0.1, 0.15) is 0 Å². The van der Waals surface area contributed by atoms with Crippen LogP contribution in [0.5, 0.6) is 0 Å². The molecule has 1 N–H and O–H groups in total. The Bertz CT molecular complexity index is 120. The van der Waals surface area contributed by atoms with E-state index >= 15 is 0 Å². The van der Waals surface area contributed by atoms with Gasteiger partial charge >= 0.3 is 0 Å². The number of nitrogens with one attached hydrogen (secondary N) is 1. The number of hydrogen-bond donors (Lipinski definition) is 1. The summed E-state index contributed by atoms with van der Waals surface area (Å²) in [5.41, 5.74) is 0. The Morgan fingerprint density at radius 3 is 2.15 bits per heavy atom. The zero-order chi connectivity index (χ0) is 10.4. The Morgan fingerprint density at radius 1 is 1.31 bits per heavy atom. The van der Waals surface area contributed by atoms with Gasteiger partial charge in [-0.15, -0.1) is 0 Å². The topological polar surface area (TPSA) is 12.0 Å². The summed E-state index contributed by atoms with van der Waals surface area (Å²) in [6, 6.07) is 0.773. The van der Waals surface area contributed by atoms with Crippen molar-refractivity contribution in [2.24, 2.45) is 17.8 Å². The van der Waals surface area contributed by atoms with Crippen molar-refractivity contribution in [2.75, 3.05) is 6.54 Å². The molecule has 1 fully saturated rings. The van der Waals surface area contributed by atoms with Crippen LogP contribution in [-0.2, 0) is 0 Å². The van der Waals surface area contributed by atoms with E-state index in [4.69, 9.17) is 0 Å². The van der Waals surface area contributed by atoms with E-state index < -0.39 is 0 Å². The van der Waals surface area contributed by atoms with Crippen LogP contribution in [0.25, 0.3) is 0 Å². The third-order valence-corrected chi connectivity index (χ3v) is 3.06. The van der Waals surface area contributed by atoms with E-state index in [0.717, 1.165) is 23.8 Å². The van der Waals surface area contributed by atoms with Crippen LogP contribution >= 0.6 is 0 Å². The maximum Gasteiger partial charge on any atom is 0.0121 e. The van der Waals surface area contributed by atoms with Gasteiger partial charge in [0.25, 0.3) is 0 Å². The highest BCUT2D eigenvalue weighted by Gasteiger charge is 2.32. The molecule has 13 heavy (non-hydrogen) atoms. The van der Waals surface area contributed by atoms with E-state index in [2.05, 4.69) is 33.0 Å². The van der Waals surface area contributed by atoms with Gasteiger partial charge in [-0.25, -0.2) is 0 Å². The van der Waals surface area contributed by atoms with Crippen LogP contribution in [0.3, 0.4) is 0 Å². The first kappa shape index (κ1) is 13.0. The molecule has 0 bridgehead atoms. The van der Waals surface area contributed by atoms with Crippen LogP contribution in [0, 0.1) is 17.8 Å². The molecule has 0 aromatic rings. The van der Waals surface area contributed by atoms with Crippen molar-refractivity contribution in [1.29, 1.82) is 0 Å². The summed E-state index contributed by atoms with van der Waals surface area (Å²) >= 11 is 0. The monoisotopic (exact) mass is 185 g/mol. The summed E-state index contributed by atoms with van der Waals surface area (Å²) in [5, 5.41) is 3.61. The Labute approximate surface area is 84.3 Å². The smallest absolute Gasteiger partial charge is 0.0121 e. The zero-order valence-electron chi connectivity index (χ0n) is 10.2. The molecular formula is C12H27N. The van der Waals surface area contributed by atoms with Gasteiger partial charge in [0, 0.05) is 6.04 Å². The van der Waals surface area contributed by atoms with Gasteiger partial charge in [0.15, 0.2) is 0 Å². The predicted octanol–water partition coefficient (Wildman–Crippen LogP) is 3.30. The fourth-order valence-electron chi connectivity index (χ4n) is 2.37. The lowest BCUT2D eigenvalue weighted by molar-refractivity contribution is 0.310. The fraction of sp³-hybridized carbons (Fsp3) is 1.00. The third kappa shape index (κ3) is 3.30. The molecule has 1 heterocycles. The SMILES string of the molecule is CC.CCC1C(C)CNC1C(C)C. The largest absolute Gasteiger partial charge is 0.313 e. The molecule has 0 saturated carbocycles. The number of hydrogen-bond acceptors (Lipinski definition) is 1. The van der Waals surface area contributed by atoms with Gasteiger partial charge in [-0.2, -0.15) is 0 Å².